The van der Waals surface area contributed by atoms with Crippen molar-refractivity contribution < 1.29 is 4.39 Å². The normalized spacial score (nSPS) is 21.2. The van der Waals surface area contributed by atoms with Crippen molar-refractivity contribution in [2.24, 2.45) is 0 Å². The minimum Gasteiger partial charge on any atom is -0.318 e. The van der Waals surface area contributed by atoms with Gasteiger partial charge in [-0.25, -0.2) is 4.39 Å². The van der Waals surface area contributed by atoms with Crippen molar-refractivity contribution in [2.75, 3.05) is 20.1 Å². The molecule has 1 unspecified atom stereocenters. The molecule has 1 N–H and O–H groups in total. The van der Waals surface area contributed by atoms with E-state index in [1.807, 2.05) is 26.1 Å². The summed E-state index contributed by atoms with van der Waals surface area (Å²) in [6.45, 7) is 4.83. The van der Waals surface area contributed by atoms with E-state index in [0.29, 0.717) is 6.04 Å². The molecule has 0 radical (unpaired) electrons. The van der Waals surface area contributed by atoms with Crippen molar-refractivity contribution in [1.29, 1.82) is 0 Å². The average Bonchev–Trinajstić information content (AvgIpc) is 2.36. The van der Waals surface area contributed by atoms with Crippen molar-refractivity contribution in [3.8, 4) is 0 Å². The van der Waals surface area contributed by atoms with Crippen LogP contribution in [0.1, 0.15) is 30.4 Å². The summed E-state index contributed by atoms with van der Waals surface area (Å²) in [6.07, 6.45) is 3.74. The molecule has 0 aromatic heterocycles. The van der Waals surface area contributed by atoms with Gasteiger partial charge in [-0.1, -0.05) is 24.1 Å². The molecule has 2 rings (SSSR count). The molecule has 1 aromatic rings. The molecule has 3 heteroatoms. The lowest BCUT2D eigenvalue weighted by molar-refractivity contribution is 0.137. The van der Waals surface area contributed by atoms with Gasteiger partial charge in [-0.2, -0.15) is 0 Å². The molecule has 100 valence electrons. The summed E-state index contributed by atoms with van der Waals surface area (Å²) in [5.74, 6) is -0.0746. The fourth-order valence-corrected chi connectivity index (χ4v) is 2.78. The molecule has 0 spiro atoms. The van der Waals surface area contributed by atoms with Gasteiger partial charge in [0, 0.05) is 24.7 Å². The molecule has 0 amide bonds. The van der Waals surface area contributed by atoms with Gasteiger partial charge in [0.25, 0.3) is 0 Å². The van der Waals surface area contributed by atoms with Gasteiger partial charge in [0.05, 0.1) is 0 Å². The monoisotopic (exact) mass is 250 g/mol. The highest BCUT2D eigenvalue weighted by molar-refractivity contribution is 5.24. The van der Waals surface area contributed by atoms with Gasteiger partial charge in [0.2, 0.25) is 0 Å². The second kappa shape index (κ2) is 6.30. The summed E-state index contributed by atoms with van der Waals surface area (Å²) in [4.78, 5) is 2.41. The number of nitrogens with one attached hydrogen (secondary N) is 1. The Bertz CT molecular complexity index is 390. The van der Waals surface area contributed by atoms with Gasteiger partial charge in [0.15, 0.2) is 0 Å². The van der Waals surface area contributed by atoms with Crippen molar-refractivity contribution in [3.63, 3.8) is 0 Å². The fourth-order valence-electron chi connectivity index (χ4n) is 2.78. The van der Waals surface area contributed by atoms with E-state index >= 15 is 0 Å². The number of hydrogen-bond acceptors (Lipinski definition) is 2. The zero-order valence-electron chi connectivity index (χ0n) is 11.4. The van der Waals surface area contributed by atoms with Gasteiger partial charge >= 0.3 is 0 Å². The van der Waals surface area contributed by atoms with Crippen LogP contribution < -0.4 is 5.32 Å². The summed E-state index contributed by atoms with van der Waals surface area (Å²) in [5.41, 5.74) is 1.96. The molecular formula is C15H23FN2. The van der Waals surface area contributed by atoms with Gasteiger partial charge in [-0.3, -0.25) is 4.90 Å². The van der Waals surface area contributed by atoms with Crippen molar-refractivity contribution in [2.45, 2.75) is 38.8 Å². The number of benzene rings is 1. The number of rotatable bonds is 4. The number of hydrogen-bond donors (Lipinski definition) is 1. The lowest BCUT2D eigenvalue weighted by Gasteiger charge is -2.35. The highest BCUT2D eigenvalue weighted by Gasteiger charge is 2.22. The van der Waals surface area contributed by atoms with Crippen LogP contribution in [0.2, 0.25) is 0 Å². The third-order valence-electron chi connectivity index (χ3n) is 3.76. The quantitative estimate of drug-likeness (QED) is 0.884. The average molecular weight is 250 g/mol. The van der Waals surface area contributed by atoms with E-state index in [1.54, 1.807) is 6.07 Å². The summed E-state index contributed by atoms with van der Waals surface area (Å²) in [5, 5.41) is 3.24. The van der Waals surface area contributed by atoms with Gasteiger partial charge in [0.1, 0.15) is 5.82 Å². The van der Waals surface area contributed by atoms with Crippen LogP contribution in [-0.4, -0.2) is 31.1 Å². The standard InChI is InChI=1S/C15H23FN2/c1-12-6-7-15(16)13(9-12)11-18-8-4-3-5-14(18)10-17-2/h6-7,9,14,17H,3-5,8,10-11H2,1-2H3. The van der Waals surface area contributed by atoms with E-state index in [0.717, 1.165) is 30.8 Å². The fraction of sp³-hybridized carbons (Fsp3) is 0.600. The van der Waals surface area contributed by atoms with E-state index in [2.05, 4.69) is 10.2 Å². The van der Waals surface area contributed by atoms with E-state index < -0.39 is 0 Å². The summed E-state index contributed by atoms with van der Waals surface area (Å²) < 4.78 is 13.8. The van der Waals surface area contributed by atoms with E-state index in [1.165, 1.54) is 19.3 Å². The zero-order chi connectivity index (χ0) is 13.0. The zero-order valence-corrected chi connectivity index (χ0v) is 11.4. The molecule has 1 heterocycles. The Morgan fingerprint density at radius 1 is 1.39 bits per heavy atom. The number of likely N-dealkylation sites (N-methyl/N-ethyl adjacent to an activating group) is 1. The van der Waals surface area contributed by atoms with E-state index in [4.69, 9.17) is 0 Å². The van der Waals surface area contributed by atoms with Crippen LogP contribution in [0.4, 0.5) is 4.39 Å². The first kappa shape index (κ1) is 13.5. The van der Waals surface area contributed by atoms with Gasteiger partial charge < -0.3 is 5.32 Å². The molecular weight excluding hydrogens is 227 g/mol. The lowest BCUT2D eigenvalue weighted by Crippen LogP contribution is -2.44. The molecule has 1 fully saturated rings. The Morgan fingerprint density at radius 3 is 3.00 bits per heavy atom. The summed E-state index contributed by atoms with van der Waals surface area (Å²) in [7, 11) is 1.99. The molecule has 0 bridgehead atoms. The third kappa shape index (κ3) is 3.30. The largest absolute Gasteiger partial charge is 0.318 e. The van der Waals surface area contributed by atoms with E-state index in [-0.39, 0.29) is 5.82 Å². The van der Waals surface area contributed by atoms with E-state index in [9.17, 15) is 4.39 Å². The first-order valence-electron chi connectivity index (χ1n) is 6.84. The van der Waals surface area contributed by atoms with Crippen LogP contribution in [-0.2, 0) is 6.54 Å². The Kier molecular flexibility index (Phi) is 4.72. The molecule has 0 saturated carbocycles. The van der Waals surface area contributed by atoms with Crippen molar-refractivity contribution in [1.82, 2.24) is 10.2 Å². The van der Waals surface area contributed by atoms with Crippen LogP contribution in [0, 0.1) is 12.7 Å². The molecule has 0 aliphatic carbocycles. The maximum absolute atomic E-state index is 13.8. The number of halogens is 1. The van der Waals surface area contributed by atoms with Gasteiger partial charge in [-0.15, -0.1) is 0 Å². The molecule has 2 nitrogen and oxygen atoms in total. The Labute approximate surface area is 109 Å². The first-order chi connectivity index (χ1) is 8.70. The molecule has 18 heavy (non-hydrogen) atoms. The highest BCUT2D eigenvalue weighted by atomic mass is 19.1. The van der Waals surface area contributed by atoms with Crippen molar-refractivity contribution in [3.05, 3.63) is 35.1 Å². The maximum atomic E-state index is 13.8. The van der Waals surface area contributed by atoms with Crippen molar-refractivity contribution >= 4 is 0 Å². The third-order valence-corrected chi connectivity index (χ3v) is 3.76. The smallest absolute Gasteiger partial charge is 0.127 e. The molecule has 1 aliphatic heterocycles. The minimum atomic E-state index is -0.0746. The number of piperidine rings is 1. The summed E-state index contributed by atoms with van der Waals surface area (Å²) >= 11 is 0. The lowest BCUT2D eigenvalue weighted by atomic mass is 10.0. The predicted octanol–water partition coefficient (Wildman–Crippen LogP) is 2.71. The van der Waals surface area contributed by atoms with Crippen LogP contribution >= 0.6 is 0 Å². The second-order valence-corrected chi connectivity index (χ2v) is 5.27. The highest BCUT2D eigenvalue weighted by Crippen LogP contribution is 2.21. The van der Waals surface area contributed by atoms with Crippen LogP contribution in [0.15, 0.2) is 18.2 Å². The van der Waals surface area contributed by atoms with Crippen LogP contribution in [0.5, 0.6) is 0 Å². The number of aryl methyl sites for hydroxylation is 1. The Morgan fingerprint density at radius 2 is 2.22 bits per heavy atom. The maximum Gasteiger partial charge on any atom is 0.127 e. The number of likely N-dealkylation sites (tertiary alicyclic amines) is 1. The molecule has 1 aliphatic rings. The summed E-state index contributed by atoms with van der Waals surface area (Å²) in [6, 6.07) is 5.94. The topological polar surface area (TPSA) is 15.3 Å². The van der Waals surface area contributed by atoms with Crippen LogP contribution in [0.3, 0.4) is 0 Å². The molecule has 1 aromatic carbocycles. The van der Waals surface area contributed by atoms with Gasteiger partial charge in [-0.05, 0) is 39.4 Å². The molecule has 1 atom stereocenters. The predicted molar refractivity (Wildman–Crippen MR) is 73.1 cm³/mol. The Hall–Kier alpha value is -0.930. The molecule has 1 saturated heterocycles. The number of nitrogens with zero attached hydrogens (tertiary/aromatic N) is 1. The van der Waals surface area contributed by atoms with Crippen LogP contribution in [0.25, 0.3) is 0 Å². The minimum absolute atomic E-state index is 0.0746. The second-order valence-electron chi connectivity index (χ2n) is 5.27. The Balaban J connectivity index is 2.08. The SMILES string of the molecule is CNCC1CCCCN1Cc1cc(C)ccc1F. The first-order valence-corrected chi connectivity index (χ1v) is 6.84.